The van der Waals surface area contributed by atoms with E-state index in [9.17, 15) is 29.4 Å². The summed E-state index contributed by atoms with van der Waals surface area (Å²) < 4.78 is 6.78. The predicted octanol–water partition coefficient (Wildman–Crippen LogP) is 3.37. The van der Waals surface area contributed by atoms with Crippen LogP contribution in [0.2, 0.25) is 0 Å². The van der Waals surface area contributed by atoms with Crippen LogP contribution in [-0.4, -0.2) is 123 Å². The highest BCUT2D eigenvalue weighted by atomic mass is 16.5. The van der Waals surface area contributed by atoms with Crippen molar-refractivity contribution in [2.24, 2.45) is 0 Å². The number of methoxy groups -OCH3 is 1. The van der Waals surface area contributed by atoms with Crippen LogP contribution >= 0.6 is 0 Å². The van der Waals surface area contributed by atoms with Crippen LogP contribution in [0.3, 0.4) is 0 Å². The first-order chi connectivity index (χ1) is 30.1. The number of urea groups is 2. The summed E-state index contributed by atoms with van der Waals surface area (Å²) in [5.41, 5.74) is 3.40. The highest BCUT2D eigenvalue weighted by Gasteiger charge is 2.44. The normalized spacial score (nSPS) is 18.9. The summed E-state index contributed by atoms with van der Waals surface area (Å²) in [5.74, 6) is -0.133. The van der Waals surface area contributed by atoms with Crippen molar-refractivity contribution in [2.45, 2.75) is 68.9 Å². The monoisotopic (exact) mass is 847 g/mol. The molecule has 6 amide bonds. The lowest BCUT2D eigenvalue weighted by Gasteiger charge is -2.32. The van der Waals surface area contributed by atoms with E-state index in [1.807, 2.05) is 60.7 Å². The van der Waals surface area contributed by atoms with Gasteiger partial charge in [-0.05, 0) is 54.7 Å². The maximum absolute atomic E-state index is 13.7. The molecule has 18 heteroatoms. The van der Waals surface area contributed by atoms with E-state index in [1.165, 1.54) is 6.33 Å². The van der Waals surface area contributed by atoms with Crippen LogP contribution in [0.5, 0.6) is 5.75 Å². The number of anilines is 2. The summed E-state index contributed by atoms with van der Waals surface area (Å²) in [7, 11) is 1.58. The minimum absolute atomic E-state index is 0.0656. The van der Waals surface area contributed by atoms with Gasteiger partial charge >= 0.3 is 12.1 Å². The number of likely N-dealkylation sites (tertiary alicyclic amines) is 1. The number of aromatic nitrogens is 4. The SMILES string of the molecule is CCC(=O)N[C@H]1C[C@@H](n2cnc3c(NCC(c4ccccc4)c4ccccc4)nc(C(=O)NCCNC(=O)NC4CCN(C(=O)Nc5ccc(OC)cc5)CC4)nc32)[C@H](O)[C@@H]1O. The minimum Gasteiger partial charge on any atom is -0.497 e. The second-order valence-electron chi connectivity index (χ2n) is 15.4. The number of hydrogen-bond donors (Lipinski definition) is 8. The Balaban J connectivity index is 0.993. The van der Waals surface area contributed by atoms with Crippen molar-refractivity contribution in [3.05, 3.63) is 108 Å². The summed E-state index contributed by atoms with van der Waals surface area (Å²) in [6.45, 7) is 3.21. The Morgan fingerprint density at radius 2 is 1.50 bits per heavy atom. The molecule has 3 heterocycles. The number of nitrogens with zero attached hydrogens (tertiary/aromatic N) is 5. The van der Waals surface area contributed by atoms with E-state index in [-0.39, 0.29) is 61.3 Å². The van der Waals surface area contributed by atoms with Gasteiger partial charge in [-0.2, -0.15) is 0 Å². The maximum Gasteiger partial charge on any atom is 0.321 e. The van der Waals surface area contributed by atoms with Crippen molar-refractivity contribution in [2.75, 3.05) is 50.5 Å². The molecule has 1 aliphatic heterocycles. The Bertz CT molecular complexity index is 2270. The molecule has 2 aromatic heterocycles. The summed E-state index contributed by atoms with van der Waals surface area (Å²) in [6, 6.07) is 24.9. The molecule has 4 atom stereocenters. The van der Waals surface area contributed by atoms with Gasteiger partial charge in [-0.25, -0.2) is 24.5 Å². The number of aliphatic hydroxyl groups excluding tert-OH is 2. The van der Waals surface area contributed by atoms with E-state index in [1.54, 1.807) is 47.8 Å². The van der Waals surface area contributed by atoms with E-state index in [2.05, 4.69) is 46.9 Å². The number of imidazole rings is 1. The first kappa shape index (κ1) is 43.3. The molecule has 0 spiro atoms. The van der Waals surface area contributed by atoms with Crippen molar-refractivity contribution in [1.82, 2.24) is 45.7 Å². The fourth-order valence-corrected chi connectivity index (χ4v) is 7.89. The zero-order valence-corrected chi connectivity index (χ0v) is 34.7. The lowest BCUT2D eigenvalue weighted by Crippen LogP contribution is -2.50. The molecule has 1 saturated heterocycles. The smallest absolute Gasteiger partial charge is 0.321 e. The van der Waals surface area contributed by atoms with Crippen LogP contribution < -0.4 is 36.6 Å². The molecule has 326 valence electrons. The Labute approximate surface area is 358 Å². The van der Waals surface area contributed by atoms with Crippen LogP contribution in [0.1, 0.15) is 66.3 Å². The largest absolute Gasteiger partial charge is 0.497 e. The van der Waals surface area contributed by atoms with Gasteiger partial charge in [-0.3, -0.25) is 9.59 Å². The van der Waals surface area contributed by atoms with E-state index in [4.69, 9.17) is 4.74 Å². The van der Waals surface area contributed by atoms with Crippen LogP contribution in [-0.2, 0) is 4.79 Å². The summed E-state index contributed by atoms with van der Waals surface area (Å²) >= 11 is 0. The molecular formula is C44H53N11O7. The number of hydrogen-bond acceptors (Lipinski definition) is 11. The van der Waals surface area contributed by atoms with Gasteiger partial charge in [0.1, 0.15) is 23.5 Å². The highest BCUT2D eigenvalue weighted by molar-refractivity contribution is 5.94. The number of piperidine rings is 1. The molecule has 8 N–H and O–H groups in total. The Morgan fingerprint density at radius 3 is 2.15 bits per heavy atom. The molecule has 0 unspecified atom stereocenters. The fourth-order valence-electron chi connectivity index (χ4n) is 7.89. The summed E-state index contributed by atoms with van der Waals surface area (Å²) in [6.07, 6.45) is 0.581. The van der Waals surface area contributed by atoms with Crippen molar-refractivity contribution in [1.29, 1.82) is 0 Å². The molecule has 0 radical (unpaired) electrons. The number of ether oxygens (including phenoxy) is 1. The van der Waals surface area contributed by atoms with Crippen molar-refractivity contribution >= 4 is 46.5 Å². The average molecular weight is 848 g/mol. The number of aliphatic hydroxyl groups is 2. The first-order valence-corrected chi connectivity index (χ1v) is 20.9. The van der Waals surface area contributed by atoms with Crippen molar-refractivity contribution in [3.63, 3.8) is 0 Å². The molecule has 2 aliphatic rings. The average Bonchev–Trinajstić information content (AvgIpc) is 3.85. The van der Waals surface area contributed by atoms with E-state index in [0.29, 0.717) is 55.2 Å². The molecule has 5 aromatic rings. The van der Waals surface area contributed by atoms with Gasteiger partial charge in [-0.1, -0.05) is 67.6 Å². The van der Waals surface area contributed by atoms with Gasteiger partial charge in [-0.15, -0.1) is 0 Å². The maximum atomic E-state index is 13.7. The van der Waals surface area contributed by atoms with Crippen molar-refractivity contribution < 1.29 is 34.1 Å². The third-order valence-corrected chi connectivity index (χ3v) is 11.3. The number of benzene rings is 3. The third-order valence-electron chi connectivity index (χ3n) is 11.3. The topological polar surface area (TPSA) is 237 Å². The number of nitrogens with one attached hydrogen (secondary N) is 6. The number of rotatable bonds is 15. The van der Waals surface area contributed by atoms with E-state index >= 15 is 0 Å². The molecule has 7 rings (SSSR count). The second kappa shape index (κ2) is 20.2. The molecular weight excluding hydrogens is 795 g/mol. The molecule has 18 nitrogen and oxygen atoms in total. The zero-order valence-electron chi connectivity index (χ0n) is 34.7. The van der Waals surface area contributed by atoms with Gasteiger partial charge in [0.2, 0.25) is 11.7 Å². The second-order valence-corrected chi connectivity index (χ2v) is 15.4. The first-order valence-electron chi connectivity index (χ1n) is 20.9. The lowest BCUT2D eigenvalue weighted by atomic mass is 9.91. The lowest BCUT2D eigenvalue weighted by molar-refractivity contribution is -0.122. The van der Waals surface area contributed by atoms with Gasteiger partial charge in [0.15, 0.2) is 11.5 Å². The molecule has 62 heavy (non-hydrogen) atoms. The number of amides is 6. The van der Waals surface area contributed by atoms with Gasteiger partial charge in [0.05, 0.1) is 25.5 Å². The predicted molar refractivity (Wildman–Crippen MR) is 232 cm³/mol. The van der Waals surface area contributed by atoms with E-state index in [0.717, 1.165) is 11.1 Å². The van der Waals surface area contributed by atoms with Crippen LogP contribution in [0, 0.1) is 0 Å². The molecule has 3 aromatic carbocycles. The number of carbonyl (C=O) groups excluding carboxylic acids is 4. The van der Waals surface area contributed by atoms with Crippen LogP contribution in [0.4, 0.5) is 21.1 Å². The highest BCUT2D eigenvalue weighted by Crippen LogP contribution is 2.35. The van der Waals surface area contributed by atoms with Gasteiger partial charge < -0.3 is 56.3 Å². The number of carbonyl (C=O) groups is 4. The Hall–Kier alpha value is -6.79. The third kappa shape index (κ3) is 10.4. The van der Waals surface area contributed by atoms with Crippen LogP contribution in [0.15, 0.2) is 91.3 Å². The van der Waals surface area contributed by atoms with Gasteiger partial charge in [0.25, 0.3) is 5.91 Å². The standard InChI is InChI=1S/C44H53N11O7/c1-3-35(56)51-33-24-34(38(58)37(33)57)55-26-48-36-39(47-25-32(27-10-6-4-7-11-27)28-12-8-5-9-13-28)52-40(53-41(36)55)42(59)45-20-21-46-43(60)49-30-18-22-54(23-19-30)44(61)50-29-14-16-31(62-2)17-15-29/h4-17,26,30,32-34,37-38,57-58H,3,18-25H2,1-2H3,(H,45,59)(H,50,61)(H,51,56)(H2,46,49,60)(H,47,52,53)/t33-,34+,37+,38-/m0/s1. The molecule has 2 fully saturated rings. The fraction of sp³-hybridized carbons (Fsp3) is 0.386. The number of fused-ring (bicyclic) bond motifs is 1. The zero-order chi connectivity index (χ0) is 43.6. The summed E-state index contributed by atoms with van der Waals surface area (Å²) in [5, 5.41) is 39.6. The van der Waals surface area contributed by atoms with E-state index < -0.39 is 36.2 Å². The quantitative estimate of drug-likeness (QED) is 0.0712. The Kier molecular flexibility index (Phi) is 14.1. The minimum atomic E-state index is -1.26. The van der Waals surface area contributed by atoms with Gasteiger partial charge in [0, 0.05) is 56.8 Å². The summed E-state index contributed by atoms with van der Waals surface area (Å²) in [4.78, 5) is 67.0. The van der Waals surface area contributed by atoms with Crippen molar-refractivity contribution in [3.8, 4) is 5.75 Å². The molecule has 1 aliphatic carbocycles. The molecule has 1 saturated carbocycles. The van der Waals surface area contributed by atoms with Crippen LogP contribution in [0.25, 0.3) is 11.2 Å². The molecule has 0 bridgehead atoms. The Morgan fingerprint density at radius 1 is 0.839 bits per heavy atom.